The molecule has 0 N–H and O–H groups in total. The predicted molar refractivity (Wildman–Crippen MR) is 85.6 cm³/mol. The first-order valence-corrected chi connectivity index (χ1v) is 7.55. The molecule has 0 bridgehead atoms. The van der Waals surface area contributed by atoms with Gasteiger partial charge in [0.2, 0.25) is 0 Å². The summed E-state index contributed by atoms with van der Waals surface area (Å²) in [6.07, 6.45) is 0. The van der Waals surface area contributed by atoms with Gasteiger partial charge in [0, 0.05) is 0 Å². The molecule has 0 aliphatic rings. The average Bonchev–Trinajstić information content (AvgIpc) is 2.43. The van der Waals surface area contributed by atoms with E-state index in [4.69, 9.17) is 4.74 Å². The summed E-state index contributed by atoms with van der Waals surface area (Å²) in [5.74, 6) is -0.403. The molecular formula is C15H12Br2O2. The van der Waals surface area contributed by atoms with Crippen LogP contribution < -0.4 is 0 Å². The van der Waals surface area contributed by atoms with E-state index in [0.717, 1.165) is 16.3 Å². The minimum absolute atomic E-state index is 0.0516. The van der Waals surface area contributed by atoms with Crippen LogP contribution in [0, 0.1) is 0 Å². The van der Waals surface area contributed by atoms with Crippen LogP contribution >= 0.6 is 31.9 Å². The zero-order valence-electron chi connectivity index (χ0n) is 10.1. The van der Waals surface area contributed by atoms with Crippen molar-refractivity contribution in [3.05, 3.63) is 54.6 Å². The summed E-state index contributed by atoms with van der Waals surface area (Å²) < 4.78 is 5.08. The molecule has 0 saturated carbocycles. The topological polar surface area (TPSA) is 26.3 Å². The Morgan fingerprint density at radius 3 is 2.58 bits per heavy atom. The molecule has 0 saturated heterocycles. The maximum Gasteiger partial charge on any atom is 0.338 e. The quantitative estimate of drug-likeness (QED) is 0.441. The third-order valence-electron chi connectivity index (χ3n) is 2.70. The molecule has 4 heteroatoms. The van der Waals surface area contributed by atoms with Gasteiger partial charge in [0.25, 0.3) is 0 Å². The summed E-state index contributed by atoms with van der Waals surface area (Å²) in [7, 11) is 0. The van der Waals surface area contributed by atoms with Crippen molar-refractivity contribution in [2.24, 2.45) is 0 Å². The summed E-state index contributed by atoms with van der Waals surface area (Å²) in [6, 6.07) is 13.7. The van der Waals surface area contributed by atoms with Crippen LogP contribution in [0.3, 0.4) is 0 Å². The Bertz CT molecular complexity index is 615. The summed E-state index contributed by atoms with van der Waals surface area (Å²) in [6.45, 7) is 4.10. The van der Waals surface area contributed by atoms with E-state index in [1.165, 1.54) is 0 Å². The molecule has 0 aliphatic carbocycles. The van der Waals surface area contributed by atoms with Gasteiger partial charge in [-0.1, -0.05) is 80.9 Å². The third kappa shape index (κ3) is 3.45. The molecule has 2 aromatic carbocycles. The lowest BCUT2D eigenvalue weighted by Gasteiger charge is -2.10. The van der Waals surface area contributed by atoms with Gasteiger partial charge in [0.15, 0.2) is 0 Å². The standard InChI is InChI=1S/C15H12Br2O2/c1-10(15(18)19-9-14(16)17)12-8-4-6-11-5-2-3-7-13(11)12/h2-8,14H,1,9H2. The normalized spacial score (nSPS) is 10.7. The maximum absolute atomic E-state index is 11.9. The number of hydrogen-bond donors (Lipinski definition) is 0. The van der Waals surface area contributed by atoms with Crippen LogP contribution in [-0.4, -0.2) is 16.3 Å². The van der Waals surface area contributed by atoms with Crippen molar-refractivity contribution in [2.75, 3.05) is 6.61 Å². The van der Waals surface area contributed by atoms with Crippen LogP contribution in [0.2, 0.25) is 0 Å². The SMILES string of the molecule is C=C(C(=O)OCC(Br)Br)c1cccc2ccccc12. The van der Waals surface area contributed by atoms with E-state index in [1.807, 2.05) is 42.5 Å². The highest BCUT2D eigenvalue weighted by Crippen LogP contribution is 2.25. The van der Waals surface area contributed by atoms with Crippen LogP contribution in [-0.2, 0) is 9.53 Å². The summed E-state index contributed by atoms with van der Waals surface area (Å²) >= 11 is 6.52. The first kappa shape index (κ1) is 14.3. The first-order chi connectivity index (χ1) is 9.09. The van der Waals surface area contributed by atoms with Gasteiger partial charge in [0.05, 0.1) is 5.57 Å². The van der Waals surface area contributed by atoms with E-state index >= 15 is 0 Å². The Morgan fingerprint density at radius 2 is 1.84 bits per heavy atom. The number of hydrogen-bond acceptors (Lipinski definition) is 2. The minimum atomic E-state index is -0.403. The second kappa shape index (κ2) is 6.35. The Hall–Kier alpha value is -1.13. The van der Waals surface area contributed by atoms with E-state index in [1.54, 1.807) is 0 Å². The van der Waals surface area contributed by atoms with Crippen LogP contribution in [0.4, 0.5) is 0 Å². The Balaban J connectivity index is 2.29. The fraction of sp³-hybridized carbons (Fsp3) is 0.133. The molecule has 0 spiro atoms. The van der Waals surface area contributed by atoms with E-state index < -0.39 is 5.97 Å². The highest BCUT2D eigenvalue weighted by atomic mass is 79.9. The lowest BCUT2D eigenvalue weighted by Crippen LogP contribution is -2.11. The Kier molecular flexibility index (Phi) is 4.77. The van der Waals surface area contributed by atoms with Gasteiger partial charge >= 0.3 is 5.97 Å². The number of ether oxygens (including phenoxy) is 1. The molecule has 2 aromatic rings. The predicted octanol–water partition coefficient (Wildman–Crippen LogP) is 4.51. The lowest BCUT2D eigenvalue weighted by molar-refractivity contribution is -0.136. The number of rotatable bonds is 4. The van der Waals surface area contributed by atoms with Gasteiger partial charge in [0.1, 0.15) is 10.3 Å². The molecule has 2 nitrogen and oxygen atoms in total. The molecule has 0 aliphatic heterocycles. The molecule has 19 heavy (non-hydrogen) atoms. The number of carbonyl (C=O) groups is 1. The van der Waals surface area contributed by atoms with Crippen molar-refractivity contribution >= 4 is 54.2 Å². The molecule has 98 valence electrons. The molecule has 0 heterocycles. The Labute approximate surface area is 128 Å². The monoisotopic (exact) mass is 382 g/mol. The summed E-state index contributed by atoms with van der Waals surface area (Å²) in [4.78, 5) is 11.9. The molecular weight excluding hydrogens is 372 g/mol. The highest BCUT2D eigenvalue weighted by Gasteiger charge is 2.14. The number of carbonyl (C=O) groups excluding carboxylic acids is 1. The van der Waals surface area contributed by atoms with Crippen molar-refractivity contribution in [1.29, 1.82) is 0 Å². The van der Waals surface area contributed by atoms with Crippen LogP contribution in [0.1, 0.15) is 5.56 Å². The number of esters is 1. The lowest BCUT2D eigenvalue weighted by atomic mass is 9.99. The van der Waals surface area contributed by atoms with Crippen LogP contribution in [0.15, 0.2) is 49.0 Å². The van der Waals surface area contributed by atoms with Gasteiger partial charge in [-0.2, -0.15) is 0 Å². The average molecular weight is 384 g/mol. The maximum atomic E-state index is 11.9. The largest absolute Gasteiger partial charge is 0.460 e. The first-order valence-electron chi connectivity index (χ1n) is 5.72. The van der Waals surface area contributed by atoms with Crippen molar-refractivity contribution in [2.45, 2.75) is 3.74 Å². The van der Waals surface area contributed by atoms with Gasteiger partial charge in [-0.3, -0.25) is 0 Å². The molecule has 0 unspecified atom stereocenters. The highest BCUT2D eigenvalue weighted by molar-refractivity contribution is 9.24. The number of benzene rings is 2. The molecule has 0 amide bonds. The van der Waals surface area contributed by atoms with Crippen molar-refractivity contribution < 1.29 is 9.53 Å². The van der Waals surface area contributed by atoms with Crippen molar-refractivity contribution in [3.8, 4) is 0 Å². The van der Waals surface area contributed by atoms with Gasteiger partial charge in [-0.05, 0) is 16.3 Å². The number of alkyl halides is 2. The zero-order chi connectivity index (χ0) is 13.8. The number of halogens is 2. The van der Waals surface area contributed by atoms with E-state index in [9.17, 15) is 4.79 Å². The fourth-order valence-electron chi connectivity index (χ4n) is 1.82. The second-order valence-corrected chi connectivity index (χ2v) is 7.43. The van der Waals surface area contributed by atoms with Crippen LogP contribution in [0.25, 0.3) is 16.3 Å². The van der Waals surface area contributed by atoms with Gasteiger partial charge < -0.3 is 4.74 Å². The molecule has 0 radical (unpaired) electrons. The van der Waals surface area contributed by atoms with Crippen LogP contribution in [0.5, 0.6) is 0 Å². The van der Waals surface area contributed by atoms with Gasteiger partial charge in [-0.15, -0.1) is 0 Å². The zero-order valence-corrected chi connectivity index (χ0v) is 13.3. The minimum Gasteiger partial charge on any atom is -0.460 e. The Morgan fingerprint density at radius 1 is 1.16 bits per heavy atom. The van der Waals surface area contributed by atoms with E-state index in [2.05, 4.69) is 38.4 Å². The third-order valence-corrected chi connectivity index (χ3v) is 3.23. The number of fused-ring (bicyclic) bond motifs is 1. The van der Waals surface area contributed by atoms with E-state index in [-0.39, 0.29) is 10.3 Å². The molecule has 2 rings (SSSR count). The van der Waals surface area contributed by atoms with Crippen molar-refractivity contribution in [3.63, 3.8) is 0 Å². The summed E-state index contributed by atoms with van der Waals surface area (Å²) in [5, 5.41) is 2.08. The van der Waals surface area contributed by atoms with Gasteiger partial charge in [-0.25, -0.2) is 4.79 Å². The summed E-state index contributed by atoms with van der Waals surface area (Å²) in [5.41, 5.74) is 1.18. The van der Waals surface area contributed by atoms with E-state index in [0.29, 0.717) is 5.57 Å². The molecule has 0 atom stereocenters. The molecule has 0 fully saturated rings. The smallest absolute Gasteiger partial charge is 0.338 e. The second-order valence-electron chi connectivity index (χ2n) is 3.99. The fourth-order valence-corrected chi connectivity index (χ4v) is 2.09. The molecule has 0 aromatic heterocycles. The van der Waals surface area contributed by atoms with Crippen molar-refractivity contribution in [1.82, 2.24) is 0 Å².